The van der Waals surface area contributed by atoms with Crippen LogP contribution in [-0.4, -0.2) is 25.2 Å². The molecule has 0 radical (unpaired) electrons. The number of rotatable bonds is 1. The fourth-order valence-electron chi connectivity index (χ4n) is 2.32. The third-order valence-corrected chi connectivity index (χ3v) is 3.93. The summed E-state index contributed by atoms with van der Waals surface area (Å²) in [6.07, 6.45) is 0. The van der Waals surface area contributed by atoms with Crippen molar-refractivity contribution in [1.29, 1.82) is 0 Å². The van der Waals surface area contributed by atoms with Crippen LogP contribution in [0.2, 0.25) is 10.0 Å². The van der Waals surface area contributed by atoms with E-state index in [9.17, 15) is 4.79 Å². The third kappa shape index (κ3) is 2.67. The molecule has 2 aromatic carbocycles. The Morgan fingerprint density at radius 3 is 2.43 bits per heavy atom. The minimum atomic E-state index is -0.0532. The number of anilines is 1. The van der Waals surface area contributed by atoms with Gasteiger partial charge in [-0.05, 0) is 30.3 Å². The quantitative estimate of drug-likeness (QED) is 0.787. The summed E-state index contributed by atoms with van der Waals surface area (Å²) in [5, 5.41) is 1.27. The van der Waals surface area contributed by atoms with E-state index in [-0.39, 0.29) is 12.5 Å². The summed E-state index contributed by atoms with van der Waals surface area (Å²) in [6.45, 7) is 0.112. The molecule has 1 aliphatic heterocycles. The van der Waals surface area contributed by atoms with Crippen molar-refractivity contribution in [2.45, 2.75) is 0 Å². The summed E-state index contributed by atoms with van der Waals surface area (Å²) in [5.74, 6) is -0.0532. The standard InChI is InChI=1S/C16H12Cl2N2O/c1-20-14-7-6-12(18)8-13(14)16(19-9-15(20)21)10-2-4-11(17)5-3-10/h2-8H,9H2,1H3/i1-1. The molecule has 1 aliphatic rings. The maximum atomic E-state index is 12.1. The number of carbonyl (C=O) groups excluding carboxylic acids is 1. The summed E-state index contributed by atoms with van der Waals surface area (Å²) < 4.78 is 0. The van der Waals surface area contributed by atoms with E-state index < -0.39 is 0 Å². The first-order valence-electron chi connectivity index (χ1n) is 6.43. The molecule has 1 amide bonds. The number of benzene rings is 2. The number of aliphatic imine (C=N–C) groups is 1. The molecule has 0 atom stereocenters. The normalized spacial score (nSPS) is 14.5. The van der Waals surface area contributed by atoms with E-state index >= 15 is 0 Å². The Labute approximate surface area is 132 Å². The number of hydrogen-bond acceptors (Lipinski definition) is 2. The molecule has 3 nitrogen and oxygen atoms in total. The molecule has 0 saturated heterocycles. The van der Waals surface area contributed by atoms with E-state index in [2.05, 4.69) is 4.99 Å². The van der Waals surface area contributed by atoms with Crippen molar-refractivity contribution >= 4 is 40.5 Å². The van der Waals surface area contributed by atoms with Crippen LogP contribution in [0.1, 0.15) is 11.1 Å². The van der Waals surface area contributed by atoms with Crippen molar-refractivity contribution in [3.63, 3.8) is 0 Å². The topological polar surface area (TPSA) is 32.7 Å². The summed E-state index contributed by atoms with van der Waals surface area (Å²) in [4.78, 5) is 18.1. The SMILES string of the molecule is [11CH3]N1C(=O)CN=C(c2ccc(Cl)cc2)c2cc(Cl)ccc21. The van der Waals surface area contributed by atoms with Crippen LogP contribution in [-0.2, 0) is 4.79 Å². The molecule has 0 fully saturated rings. The van der Waals surface area contributed by atoms with Crippen molar-refractivity contribution in [1.82, 2.24) is 0 Å². The summed E-state index contributed by atoms with van der Waals surface area (Å²) >= 11 is 12.0. The van der Waals surface area contributed by atoms with Gasteiger partial charge in [0.2, 0.25) is 5.91 Å². The van der Waals surface area contributed by atoms with Crippen LogP contribution >= 0.6 is 23.2 Å². The zero-order chi connectivity index (χ0) is 15.0. The van der Waals surface area contributed by atoms with Crippen molar-refractivity contribution in [3.8, 4) is 0 Å². The maximum Gasteiger partial charge on any atom is 0.248 e. The lowest BCUT2D eigenvalue weighted by molar-refractivity contribution is -0.116. The number of nitrogens with zero attached hydrogens (tertiary/aromatic N) is 2. The molecule has 1 heterocycles. The minimum Gasteiger partial charge on any atom is -0.313 e. The average molecular weight is 318 g/mol. The molecule has 0 aromatic heterocycles. The zero-order valence-electron chi connectivity index (χ0n) is 11.3. The fourth-order valence-corrected chi connectivity index (χ4v) is 2.62. The molecule has 0 spiro atoms. The average Bonchev–Trinajstić information content (AvgIpc) is 2.59. The second-order valence-electron chi connectivity index (χ2n) is 4.79. The lowest BCUT2D eigenvalue weighted by Gasteiger charge is -2.18. The Bertz CT molecular complexity index is 738. The molecule has 0 N–H and O–H groups in total. The van der Waals surface area contributed by atoms with Gasteiger partial charge in [-0.3, -0.25) is 9.79 Å². The van der Waals surface area contributed by atoms with Gasteiger partial charge in [0.15, 0.2) is 0 Å². The van der Waals surface area contributed by atoms with Crippen molar-refractivity contribution in [2.24, 2.45) is 4.99 Å². The summed E-state index contributed by atoms with van der Waals surface area (Å²) in [7, 11) is 1.75. The van der Waals surface area contributed by atoms with Gasteiger partial charge in [0, 0.05) is 28.2 Å². The predicted molar refractivity (Wildman–Crippen MR) is 86.8 cm³/mol. The molecular formula is C16H12Cl2N2O. The first-order valence-corrected chi connectivity index (χ1v) is 7.19. The van der Waals surface area contributed by atoms with Gasteiger partial charge < -0.3 is 4.90 Å². The Kier molecular flexibility index (Phi) is 3.70. The Hall–Kier alpha value is -1.84. The van der Waals surface area contributed by atoms with Crippen LogP contribution in [0.5, 0.6) is 0 Å². The van der Waals surface area contributed by atoms with Crippen LogP contribution < -0.4 is 4.90 Å². The van der Waals surface area contributed by atoms with Crippen LogP contribution in [0, 0.1) is 0 Å². The van der Waals surface area contributed by atoms with Crippen LogP contribution in [0.4, 0.5) is 5.69 Å². The van der Waals surface area contributed by atoms with E-state index in [1.54, 1.807) is 30.1 Å². The largest absolute Gasteiger partial charge is 0.313 e. The van der Waals surface area contributed by atoms with Gasteiger partial charge >= 0.3 is 0 Å². The summed E-state index contributed by atoms with van der Waals surface area (Å²) in [6, 6.07) is 12.8. The van der Waals surface area contributed by atoms with Crippen molar-refractivity contribution in [2.75, 3.05) is 18.5 Å². The number of benzodiazepines with no additional fused rings is 1. The van der Waals surface area contributed by atoms with E-state index in [0.29, 0.717) is 10.0 Å². The highest BCUT2D eigenvalue weighted by Crippen LogP contribution is 2.29. The molecule has 21 heavy (non-hydrogen) atoms. The van der Waals surface area contributed by atoms with E-state index in [4.69, 9.17) is 23.2 Å². The van der Waals surface area contributed by atoms with Crippen molar-refractivity contribution in [3.05, 3.63) is 63.6 Å². The van der Waals surface area contributed by atoms with Crippen LogP contribution in [0.3, 0.4) is 0 Å². The molecule has 0 unspecified atom stereocenters. The highest BCUT2D eigenvalue weighted by atomic mass is 35.5. The molecule has 5 heteroatoms. The third-order valence-electron chi connectivity index (χ3n) is 3.44. The van der Waals surface area contributed by atoms with E-state index in [1.807, 2.05) is 24.3 Å². The molecular weight excluding hydrogens is 306 g/mol. The Balaban J connectivity index is 2.20. The number of fused-ring (bicyclic) bond motifs is 1. The fraction of sp³-hybridized carbons (Fsp3) is 0.125. The van der Waals surface area contributed by atoms with Gasteiger partial charge in [-0.15, -0.1) is 0 Å². The second kappa shape index (κ2) is 5.51. The van der Waals surface area contributed by atoms with Gasteiger partial charge in [-0.1, -0.05) is 35.3 Å². The molecule has 0 saturated carbocycles. The van der Waals surface area contributed by atoms with Gasteiger partial charge in [-0.25, -0.2) is 0 Å². The first kappa shape index (κ1) is 14.1. The number of carbonyl (C=O) groups is 1. The molecule has 0 bridgehead atoms. The molecule has 2 aromatic rings. The van der Waals surface area contributed by atoms with Gasteiger partial charge in [0.25, 0.3) is 0 Å². The Morgan fingerprint density at radius 1 is 1.05 bits per heavy atom. The van der Waals surface area contributed by atoms with Crippen LogP contribution in [0.25, 0.3) is 0 Å². The number of likely N-dealkylation sites (N-methyl/N-ethyl adjacent to an activating group) is 1. The van der Waals surface area contributed by atoms with Gasteiger partial charge in [-0.2, -0.15) is 0 Å². The number of halogens is 2. The molecule has 106 valence electrons. The van der Waals surface area contributed by atoms with Crippen LogP contribution in [0.15, 0.2) is 47.5 Å². The lowest BCUT2D eigenvalue weighted by atomic mass is 10.00. The lowest BCUT2D eigenvalue weighted by Crippen LogP contribution is -2.27. The highest BCUT2D eigenvalue weighted by Gasteiger charge is 2.22. The number of amides is 1. The van der Waals surface area contributed by atoms with Gasteiger partial charge in [0.05, 0.1) is 11.4 Å². The van der Waals surface area contributed by atoms with Crippen molar-refractivity contribution < 1.29 is 4.79 Å². The predicted octanol–water partition coefficient (Wildman–Crippen LogP) is 3.81. The highest BCUT2D eigenvalue weighted by molar-refractivity contribution is 6.32. The Morgan fingerprint density at radius 2 is 1.71 bits per heavy atom. The monoisotopic (exact) mass is 317 g/mol. The second-order valence-corrected chi connectivity index (χ2v) is 5.66. The zero-order valence-corrected chi connectivity index (χ0v) is 12.8. The maximum absolute atomic E-state index is 12.1. The molecule has 3 rings (SSSR count). The van der Waals surface area contributed by atoms with E-state index in [0.717, 1.165) is 22.5 Å². The number of hydrogen-bond donors (Lipinski definition) is 0. The minimum absolute atomic E-state index is 0.0532. The first-order chi connectivity index (χ1) is 10.1. The van der Waals surface area contributed by atoms with E-state index in [1.165, 1.54) is 0 Å². The smallest absolute Gasteiger partial charge is 0.248 e. The van der Waals surface area contributed by atoms with Gasteiger partial charge in [0.1, 0.15) is 6.54 Å². The summed E-state index contributed by atoms with van der Waals surface area (Å²) in [5.41, 5.74) is 3.31. The molecule has 0 aliphatic carbocycles.